The molecule has 0 aliphatic rings. The van der Waals surface area contributed by atoms with Crippen LogP contribution in [0.4, 0.5) is 5.69 Å². The molecule has 0 unspecified atom stereocenters. The van der Waals surface area contributed by atoms with Gasteiger partial charge in [0.25, 0.3) is 0 Å². The molecule has 0 saturated heterocycles. The minimum Gasteiger partial charge on any atom is -0.324 e. The van der Waals surface area contributed by atoms with Crippen molar-refractivity contribution in [2.45, 2.75) is 31.5 Å². The summed E-state index contributed by atoms with van der Waals surface area (Å²) in [6.07, 6.45) is 1.77. The van der Waals surface area contributed by atoms with Crippen LogP contribution in [0.1, 0.15) is 25.3 Å². The molecule has 0 aliphatic heterocycles. The zero-order valence-corrected chi connectivity index (χ0v) is 20.1. The largest absolute Gasteiger partial charge is 0.324 e. The van der Waals surface area contributed by atoms with Crippen molar-refractivity contribution in [1.29, 1.82) is 0 Å². The zero-order chi connectivity index (χ0) is 22.5. The van der Waals surface area contributed by atoms with E-state index in [-0.39, 0.29) is 11.7 Å². The van der Waals surface area contributed by atoms with Gasteiger partial charge in [-0.05, 0) is 23.6 Å². The van der Waals surface area contributed by atoms with Crippen molar-refractivity contribution in [2.75, 3.05) is 11.1 Å². The molecule has 9 heteroatoms. The number of nitrogens with one attached hydrogen (secondary N) is 1. The van der Waals surface area contributed by atoms with Crippen LogP contribution in [0.2, 0.25) is 15.1 Å². The highest BCUT2D eigenvalue weighted by Crippen LogP contribution is 2.32. The van der Waals surface area contributed by atoms with Crippen molar-refractivity contribution in [3.63, 3.8) is 0 Å². The van der Waals surface area contributed by atoms with Gasteiger partial charge >= 0.3 is 0 Å². The van der Waals surface area contributed by atoms with Crippen molar-refractivity contribution in [3.05, 3.63) is 69.7 Å². The normalized spacial score (nSPS) is 11.0. The summed E-state index contributed by atoms with van der Waals surface area (Å²) in [5.74, 6) is 1.05. The molecule has 0 aliphatic carbocycles. The molecule has 2 aromatic carbocycles. The van der Waals surface area contributed by atoms with Crippen molar-refractivity contribution in [2.24, 2.45) is 0 Å². The van der Waals surface area contributed by atoms with Gasteiger partial charge in [-0.1, -0.05) is 90.8 Å². The number of carbonyl (C=O) groups excluding carboxylic acids is 1. The van der Waals surface area contributed by atoms with Gasteiger partial charge in [0.1, 0.15) is 0 Å². The lowest BCUT2D eigenvalue weighted by molar-refractivity contribution is -0.113. The molecular formula is C22H21Cl3N4OS. The molecule has 0 spiro atoms. The molecule has 31 heavy (non-hydrogen) atoms. The maximum absolute atomic E-state index is 12.4. The Labute approximate surface area is 200 Å². The van der Waals surface area contributed by atoms with Gasteiger partial charge in [0.2, 0.25) is 5.91 Å². The average molecular weight is 496 g/mol. The van der Waals surface area contributed by atoms with Gasteiger partial charge in [0.15, 0.2) is 11.0 Å². The summed E-state index contributed by atoms with van der Waals surface area (Å²) >= 11 is 19.3. The summed E-state index contributed by atoms with van der Waals surface area (Å²) in [6.45, 7) is 8.65. The highest BCUT2D eigenvalue weighted by Gasteiger charge is 2.16. The standard InChI is InChI=1S/C22H21Cl3N4OS/c1-4-9-29-21(15-7-5-14(6-8-15)13(2)3)27-28-22(29)31-12-20(30)26-19-11-17(24)16(23)10-18(19)25/h4-8,10-11,13H,1,9,12H2,2-3H3,(H,26,30). The third-order valence-electron chi connectivity index (χ3n) is 4.48. The molecule has 0 saturated carbocycles. The molecule has 0 radical (unpaired) electrons. The van der Waals surface area contributed by atoms with Gasteiger partial charge in [0, 0.05) is 12.1 Å². The van der Waals surface area contributed by atoms with E-state index in [1.807, 2.05) is 16.7 Å². The Kier molecular flexibility index (Phi) is 8.06. The first-order valence-corrected chi connectivity index (χ1v) is 11.6. The number of halogens is 3. The Morgan fingerprint density at radius 2 is 1.81 bits per heavy atom. The van der Waals surface area contributed by atoms with Crippen LogP contribution in [0.5, 0.6) is 0 Å². The van der Waals surface area contributed by atoms with Crippen molar-refractivity contribution >= 4 is 58.2 Å². The molecular weight excluding hydrogens is 475 g/mol. The van der Waals surface area contributed by atoms with Gasteiger partial charge in [-0.3, -0.25) is 9.36 Å². The molecule has 3 aromatic rings. The number of benzene rings is 2. The lowest BCUT2D eigenvalue weighted by atomic mass is 10.0. The fourth-order valence-electron chi connectivity index (χ4n) is 2.85. The topological polar surface area (TPSA) is 59.8 Å². The maximum Gasteiger partial charge on any atom is 0.234 e. The SMILES string of the molecule is C=CCn1c(SCC(=O)Nc2cc(Cl)c(Cl)cc2Cl)nnc1-c1ccc(C(C)C)cc1. The number of rotatable bonds is 8. The Morgan fingerprint density at radius 3 is 2.45 bits per heavy atom. The average Bonchev–Trinajstić information content (AvgIpc) is 3.13. The minimum absolute atomic E-state index is 0.123. The van der Waals surface area contributed by atoms with Gasteiger partial charge in [0.05, 0.1) is 26.5 Å². The third kappa shape index (κ3) is 5.83. The number of anilines is 1. The Balaban J connectivity index is 1.74. The van der Waals surface area contributed by atoms with Crippen LogP contribution in [0.15, 0.2) is 54.2 Å². The van der Waals surface area contributed by atoms with Gasteiger partial charge < -0.3 is 5.32 Å². The van der Waals surface area contributed by atoms with Gasteiger partial charge in [-0.15, -0.1) is 16.8 Å². The summed E-state index contributed by atoms with van der Waals surface area (Å²) < 4.78 is 1.93. The number of hydrogen-bond donors (Lipinski definition) is 1. The van der Waals surface area contributed by atoms with Crippen LogP contribution in [0.3, 0.4) is 0 Å². The van der Waals surface area contributed by atoms with E-state index < -0.39 is 0 Å². The number of nitrogens with zero attached hydrogens (tertiary/aromatic N) is 3. The second-order valence-electron chi connectivity index (χ2n) is 7.07. The number of amides is 1. The summed E-state index contributed by atoms with van der Waals surface area (Å²) in [5, 5.41) is 12.9. The zero-order valence-electron chi connectivity index (χ0n) is 17.0. The minimum atomic E-state index is -0.249. The molecule has 5 nitrogen and oxygen atoms in total. The predicted molar refractivity (Wildman–Crippen MR) is 131 cm³/mol. The van der Waals surface area contributed by atoms with Crippen molar-refractivity contribution < 1.29 is 4.79 Å². The maximum atomic E-state index is 12.4. The van der Waals surface area contributed by atoms with E-state index in [2.05, 4.69) is 48.1 Å². The quantitative estimate of drug-likeness (QED) is 0.209. The number of hydrogen-bond acceptors (Lipinski definition) is 4. The molecule has 0 atom stereocenters. The lowest BCUT2D eigenvalue weighted by Gasteiger charge is -2.10. The van der Waals surface area contributed by atoms with Crippen molar-refractivity contribution in [3.8, 4) is 11.4 Å². The van der Waals surface area contributed by atoms with Crippen LogP contribution >= 0.6 is 46.6 Å². The van der Waals surface area contributed by atoms with E-state index in [1.165, 1.54) is 29.5 Å². The number of carbonyl (C=O) groups is 1. The predicted octanol–water partition coefficient (Wildman–Crippen LogP) is 6.95. The fourth-order valence-corrected chi connectivity index (χ4v) is 4.20. The summed E-state index contributed by atoms with van der Waals surface area (Å²) in [5.41, 5.74) is 2.61. The Hall–Kier alpha value is -1.99. The van der Waals surface area contributed by atoms with E-state index in [0.29, 0.717) is 38.4 Å². The molecule has 162 valence electrons. The summed E-state index contributed by atoms with van der Waals surface area (Å²) in [6, 6.07) is 11.3. The highest BCUT2D eigenvalue weighted by molar-refractivity contribution is 7.99. The molecule has 1 amide bonds. The van der Waals surface area contributed by atoms with Gasteiger partial charge in [-0.2, -0.15) is 0 Å². The van der Waals surface area contributed by atoms with Crippen LogP contribution < -0.4 is 5.32 Å². The molecule has 1 heterocycles. The number of thioether (sulfide) groups is 1. The summed E-state index contributed by atoms with van der Waals surface area (Å²) in [7, 11) is 0. The first-order valence-electron chi connectivity index (χ1n) is 9.51. The third-order valence-corrected chi connectivity index (χ3v) is 6.48. The van der Waals surface area contributed by atoms with E-state index in [0.717, 1.165) is 11.4 Å². The molecule has 1 N–H and O–H groups in total. The summed E-state index contributed by atoms with van der Waals surface area (Å²) in [4.78, 5) is 12.4. The van der Waals surface area contributed by atoms with Crippen molar-refractivity contribution in [1.82, 2.24) is 14.8 Å². The van der Waals surface area contributed by atoms with E-state index in [4.69, 9.17) is 34.8 Å². The van der Waals surface area contributed by atoms with Crippen LogP contribution in [-0.2, 0) is 11.3 Å². The number of aromatic nitrogens is 3. The monoisotopic (exact) mass is 494 g/mol. The molecule has 0 bridgehead atoms. The van der Waals surface area contributed by atoms with Crippen LogP contribution in [-0.4, -0.2) is 26.4 Å². The molecule has 0 fully saturated rings. The fraction of sp³-hybridized carbons (Fsp3) is 0.227. The molecule has 3 rings (SSSR count). The van der Waals surface area contributed by atoms with Gasteiger partial charge in [-0.25, -0.2) is 0 Å². The second-order valence-corrected chi connectivity index (χ2v) is 9.23. The first kappa shape index (κ1) is 23.7. The van der Waals surface area contributed by atoms with E-state index in [9.17, 15) is 4.79 Å². The highest BCUT2D eigenvalue weighted by atomic mass is 35.5. The second kappa shape index (κ2) is 10.6. The molecule has 1 aromatic heterocycles. The Bertz CT molecular complexity index is 1100. The number of allylic oxidation sites excluding steroid dienone is 1. The van der Waals surface area contributed by atoms with E-state index in [1.54, 1.807) is 6.08 Å². The van der Waals surface area contributed by atoms with Crippen LogP contribution in [0.25, 0.3) is 11.4 Å². The smallest absolute Gasteiger partial charge is 0.234 e. The first-order chi connectivity index (χ1) is 14.8. The Morgan fingerprint density at radius 1 is 1.13 bits per heavy atom. The van der Waals surface area contributed by atoms with Crippen LogP contribution in [0, 0.1) is 0 Å². The van der Waals surface area contributed by atoms with E-state index >= 15 is 0 Å². The lowest BCUT2D eigenvalue weighted by Crippen LogP contribution is -2.15.